The lowest BCUT2D eigenvalue weighted by molar-refractivity contribution is 0.495. The molecule has 0 amide bonds. The Kier molecular flexibility index (Phi) is 5.29. The highest BCUT2D eigenvalue weighted by atomic mass is 79.9. The Labute approximate surface area is 127 Å². The smallest absolute Gasteiger partial charge is 0.211 e. The maximum atomic E-state index is 12.1. The fraction of sp³-hybridized carbons (Fsp3) is 0.538. The van der Waals surface area contributed by atoms with Crippen molar-refractivity contribution in [2.45, 2.75) is 37.0 Å². The topological polar surface area (TPSA) is 46.2 Å². The van der Waals surface area contributed by atoms with Crippen LogP contribution < -0.4 is 4.72 Å². The lowest BCUT2D eigenvalue weighted by Crippen LogP contribution is -2.26. The van der Waals surface area contributed by atoms with Crippen LogP contribution in [0.4, 0.5) is 0 Å². The van der Waals surface area contributed by atoms with E-state index in [0.29, 0.717) is 22.0 Å². The van der Waals surface area contributed by atoms with Gasteiger partial charge in [-0.25, -0.2) is 13.1 Å². The predicted octanol–water partition coefficient (Wildman–Crippen LogP) is 3.96. The number of rotatable bonds is 5. The molecule has 0 spiro atoms. The first-order valence-electron chi connectivity index (χ1n) is 6.44. The molecule has 1 aliphatic carbocycles. The molecule has 0 bridgehead atoms. The van der Waals surface area contributed by atoms with Crippen LogP contribution in [-0.2, 0) is 10.0 Å². The van der Waals surface area contributed by atoms with Crippen LogP contribution in [0.5, 0.6) is 0 Å². The molecule has 0 saturated heterocycles. The van der Waals surface area contributed by atoms with Crippen molar-refractivity contribution < 1.29 is 8.42 Å². The highest BCUT2D eigenvalue weighted by Gasteiger charge is 2.18. The molecular weight excluding hydrogens is 350 g/mol. The van der Waals surface area contributed by atoms with Crippen molar-refractivity contribution in [1.29, 1.82) is 0 Å². The molecule has 1 aromatic carbocycles. The summed E-state index contributed by atoms with van der Waals surface area (Å²) in [5, 5.41) is 0.505. The molecule has 0 radical (unpaired) electrons. The Hall–Kier alpha value is -0.100. The highest BCUT2D eigenvalue weighted by Crippen LogP contribution is 2.28. The highest BCUT2D eigenvalue weighted by molar-refractivity contribution is 9.10. The van der Waals surface area contributed by atoms with Crippen LogP contribution in [0.3, 0.4) is 0 Å². The summed E-state index contributed by atoms with van der Waals surface area (Å²) in [7, 11) is -3.43. The van der Waals surface area contributed by atoms with E-state index in [1.54, 1.807) is 6.07 Å². The average molecular weight is 367 g/mol. The van der Waals surface area contributed by atoms with Crippen LogP contribution in [0.25, 0.3) is 0 Å². The maximum absolute atomic E-state index is 12.1. The third-order valence-electron chi connectivity index (χ3n) is 3.52. The second-order valence-electron chi connectivity index (χ2n) is 4.91. The van der Waals surface area contributed by atoms with Gasteiger partial charge in [0, 0.05) is 11.0 Å². The SMILES string of the molecule is O=S(=O)(NCCC1CCCC1)c1ccc(Cl)c(Br)c1. The van der Waals surface area contributed by atoms with Crippen LogP contribution in [0, 0.1) is 5.92 Å². The molecule has 1 fully saturated rings. The molecule has 1 aromatic rings. The number of nitrogens with one attached hydrogen (secondary N) is 1. The number of sulfonamides is 1. The van der Waals surface area contributed by atoms with Crippen molar-refractivity contribution in [3.8, 4) is 0 Å². The van der Waals surface area contributed by atoms with E-state index in [0.717, 1.165) is 6.42 Å². The molecule has 1 N–H and O–H groups in total. The summed E-state index contributed by atoms with van der Waals surface area (Å²) >= 11 is 9.10. The molecule has 0 aromatic heterocycles. The van der Waals surface area contributed by atoms with E-state index in [1.807, 2.05) is 0 Å². The van der Waals surface area contributed by atoms with E-state index in [2.05, 4.69) is 20.7 Å². The Morgan fingerprint density at radius 1 is 1.32 bits per heavy atom. The van der Waals surface area contributed by atoms with Gasteiger partial charge in [0.05, 0.1) is 9.92 Å². The third kappa shape index (κ3) is 4.18. The monoisotopic (exact) mass is 365 g/mol. The van der Waals surface area contributed by atoms with Crippen LogP contribution in [0.2, 0.25) is 5.02 Å². The van der Waals surface area contributed by atoms with Gasteiger partial charge < -0.3 is 0 Å². The average Bonchev–Trinajstić information content (AvgIpc) is 2.85. The minimum absolute atomic E-state index is 0.246. The molecule has 2 rings (SSSR count). The number of hydrogen-bond donors (Lipinski definition) is 1. The van der Waals surface area contributed by atoms with Crippen LogP contribution >= 0.6 is 27.5 Å². The Morgan fingerprint density at radius 2 is 2.00 bits per heavy atom. The van der Waals surface area contributed by atoms with E-state index < -0.39 is 10.0 Å². The van der Waals surface area contributed by atoms with E-state index in [9.17, 15) is 8.42 Å². The molecule has 1 saturated carbocycles. The summed E-state index contributed by atoms with van der Waals surface area (Å²) in [6, 6.07) is 4.63. The summed E-state index contributed by atoms with van der Waals surface area (Å²) < 4.78 is 27.4. The zero-order valence-corrected chi connectivity index (χ0v) is 13.7. The lowest BCUT2D eigenvalue weighted by atomic mass is 10.1. The van der Waals surface area contributed by atoms with Crippen molar-refractivity contribution in [2.75, 3.05) is 6.54 Å². The van der Waals surface area contributed by atoms with Gasteiger partial charge in [0.1, 0.15) is 0 Å². The molecule has 6 heteroatoms. The molecule has 0 aliphatic heterocycles. The summed E-state index contributed by atoms with van der Waals surface area (Å²) in [5.74, 6) is 0.680. The summed E-state index contributed by atoms with van der Waals surface area (Å²) in [4.78, 5) is 0.246. The Balaban J connectivity index is 1.95. The van der Waals surface area contributed by atoms with Gasteiger partial charge in [0.15, 0.2) is 0 Å². The molecule has 0 atom stereocenters. The van der Waals surface area contributed by atoms with Gasteiger partial charge in [0.25, 0.3) is 0 Å². The molecule has 106 valence electrons. The van der Waals surface area contributed by atoms with Crippen molar-refractivity contribution in [1.82, 2.24) is 4.72 Å². The van der Waals surface area contributed by atoms with Gasteiger partial charge in [0.2, 0.25) is 10.0 Å². The molecular formula is C13H17BrClNO2S. The maximum Gasteiger partial charge on any atom is 0.240 e. The van der Waals surface area contributed by atoms with Crippen molar-refractivity contribution in [3.05, 3.63) is 27.7 Å². The van der Waals surface area contributed by atoms with E-state index in [1.165, 1.54) is 37.8 Å². The molecule has 3 nitrogen and oxygen atoms in total. The number of hydrogen-bond acceptors (Lipinski definition) is 2. The first kappa shape index (κ1) is 15.3. The van der Waals surface area contributed by atoms with Gasteiger partial charge in [-0.05, 0) is 46.5 Å². The fourth-order valence-corrected chi connectivity index (χ4v) is 4.15. The fourth-order valence-electron chi connectivity index (χ4n) is 2.42. The standard InChI is InChI=1S/C13H17BrClNO2S/c14-12-9-11(5-6-13(12)15)19(17,18)16-8-7-10-3-1-2-4-10/h5-6,9-10,16H,1-4,7-8H2. The molecule has 0 unspecified atom stereocenters. The summed E-state index contributed by atoms with van der Waals surface area (Å²) in [5.41, 5.74) is 0. The van der Waals surface area contributed by atoms with Gasteiger partial charge >= 0.3 is 0 Å². The summed E-state index contributed by atoms with van der Waals surface area (Å²) in [6.45, 7) is 0.507. The zero-order valence-electron chi connectivity index (χ0n) is 10.5. The second-order valence-corrected chi connectivity index (χ2v) is 7.94. The van der Waals surface area contributed by atoms with Gasteiger partial charge in [-0.15, -0.1) is 0 Å². The van der Waals surface area contributed by atoms with E-state index in [4.69, 9.17) is 11.6 Å². The first-order chi connectivity index (χ1) is 8.99. The van der Waals surface area contributed by atoms with Gasteiger partial charge in [-0.2, -0.15) is 0 Å². The number of benzene rings is 1. The van der Waals surface area contributed by atoms with Crippen LogP contribution in [-0.4, -0.2) is 15.0 Å². The van der Waals surface area contributed by atoms with Crippen molar-refractivity contribution >= 4 is 37.6 Å². The van der Waals surface area contributed by atoms with Crippen LogP contribution in [0.15, 0.2) is 27.6 Å². The predicted molar refractivity (Wildman–Crippen MR) is 80.9 cm³/mol. The number of halogens is 2. The van der Waals surface area contributed by atoms with Gasteiger partial charge in [-0.3, -0.25) is 0 Å². The molecule has 19 heavy (non-hydrogen) atoms. The van der Waals surface area contributed by atoms with Gasteiger partial charge in [-0.1, -0.05) is 37.3 Å². The molecule has 0 heterocycles. The quantitative estimate of drug-likeness (QED) is 0.857. The minimum atomic E-state index is -3.43. The minimum Gasteiger partial charge on any atom is -0.211 e. The van der Waals surface area contributed by atoms with E-state index >= 15 is 0 Å². The lowest BCUT2D eigenvalue weighted by Gasteiger charge is -2.11. The van der Waals surface area contributed by atoms with Crippen LogP contribution in [0.1, 0.15) is 32.1 Å². The zero-order chi connectivity index (χ0) is 13.9. The largest absolute Gasteiger partial charge is 0.240 e. The summed E-state index contributed by atoms with van der Waals surface area (Å²) in [6.07, 6.45) is 5.94. The first-order valence-corrected chi connectivity index (χ1v) is 9.09. The normalized spacial score (nSPS) is 16.9. The second kappa shape index (κ2) is 6.57. The molecule has 1 aliphatic rings. The van der Waals surface area contributed by atoms with Crippen molar-refractivity contribution in [3.63, 3.8) is 0 Å². The van der Waals surface area contributed by atoms with Crippen molar-refractivity contribution in [2.24, 2.45) is 5.92 Å². The van der Waals surface area contributed by atoms with E-state index in [-0.39, 0.29) is 4.90 Å². The third-order valence-corrected chi connectivity index (χ3v) is 6.19. The Bertz CT molecular complexity index is 542. The Morgan fingerprint density at radius 3 is 2.63 bits per heavy atom.